The van der Waals surface area contributed by atoms with Crippen LogP contribution >= 0.6 is 0 Å². The molecule has 0 bridgehead atoms. The highest BCUT2D eigenvalue weighted by Crippen LogP contribution is 2.32. The zero-order chi connectivity index (χ0) is 10.3. The standard InChI is InChI=1S/C9H8FNO2S/c10-7-1-2-9-8(3-7)6(4-11)5-14(9,12)13/h1-3,5H,4,11H2. The Morgan fingerprint density at radius 1 is 1.36 bits per heavy atom. The molecule has 0 saturated carbocycles. The van der Waals surface area contributed by atoms with Crippen molar-refractivity contribution in [1.82, 2.24) is 0 Å². The summed E-state index contributed by atoms with van der Waals surface area (Å²) in [5.74, 6) is -0.458. The lowest BCUT2D eigenvalue weighted by Gasteiger charge is -2.00. The zero-order valence-corrected chi connectivity index (χ0v) is 8.01. The molecule has 1 aromatic carbocycles. The second-order valence-corrected chi connectivity index (χ2v) is 4.80. The molecule has 0 unspecified atom stereocenters. The van der Waals surface area contributed by atoms with Gasteiger partial charge in [-0.3, -0.25) is 0 Å². The van der Waals surface area contributed by atoms with Gasteiger partial charge in [-0.15, -0.1) is 0 Å². The normalized spacial score (nSPS) is 17.7. The Balaban J connectivity index is 2.75. The van der Waals surface area contributed by atoms with Gasteiger partial charge in [0, 0.05) is 17.5 Å². The lowest BCUT2D eigenvalue weighted by molar-refractivity contribution is 0.604. The Morgan fingerprint density at radius 2 is 2.07 bits per heavy atom. The molecule has 2 rings (SSSR count). The van der Waals surface area contributed by atoms with E-state index in [4.69, 9.17) is 5.73 Å². The van der Waals surface area contributed by atoms with Crippen LogP contribution in [-0.2, 0) is 9.84 Å². The van der Waals surface area contributed by atoms with Gasteiger partial charge in [-0.25, -0.2) is 12.8 Å². The van der Waals surface area contributed by atoms with E-state index in [0.29, 0.717) is 11.1 Å². The van der Waals surface area contributed by atoms with Crippen LogP contribution in [0.3, 0.4) is 0 Å². The first-order valence-electron chi connectivity index (χ1n) is 4.00. The Hall–Kier alpha value is -1.20. The van der Waals surface area contributed by atoms with Crippen LogP contribution in [0.15, 0.2) is 28.5 Å². The molecular weight excluding hydrogens is 205 g/mol. The monoisotopic (exact) mass is 213 g/mol. The molecule has 0 amide bonds. The van der Waals surface area contributed by atoms with E-state index in [-0.39, 0.29) is 11.4 Å². The summed E-state index contributed by atoms with van der Waals surface area (Å²) in [6.07, 6.45) is 0. The molecule has 0 atom stereocenters. The minimum Gasteiger partial charge on any atom is -0.326 e. The SMILES string of the molecule is NCC1=CS(=O)(=O)c2ccc(F)cc21. The summed E-state index contributed by atoms with van der Waals surface area (Å²) in [7, 11) is -3.39. The summed E-state index contributed by atoms with van der Waals surface area (Å²) in [4.78, 5) is 0.138. The summed E-state index contributed by atoms with van der Waals surface area (Å²) < 4.78 is 35.8. The third kappa shape index (κ3) is 1.25. The largest absolute Gasteiger partial charge is 0.326 e. The fourth-order valence-electron chi connectivity index (χ4n) is 1.47. The van der Waals surface area contributed by atoms with E-state index in [2.05, 4.69) is 0 Å². The van der Waals surface area contributed by atoms with Gasteiger partial charge in [0.2, 0.25) is 9.84 Å². The van der Waals surface area contributed by atoms with Crippen LogP contribution < -0.4 is 5.73 Å². The molecule has 1 aromatic rings. The van der Waals surface area contributed by atoms with Crippen molar-refractivity contribution in [3.05, 3.63) is 35.0 Å². The number of hydrogen-bond acceptors (Lipinski definition) is 3. The quantitative estimate of drug-likeness (QED) is 0.705. The molecule has 74 valence electrons. The second-order valence-electron chi connectivity index (χ2n) is 3.03. The summed E-state index contributed by atoms with van der Waals surface area (Å²) in [6, 6.07) is 3.58. The van der Waals surface area contributed by atoms with Gasteiger partial charge in [-0.05, 0) is 23.8 Å². The van der Waals surface area contributed by atoms with Crippen LogP contribution in [-0.4, -0.2) is 15.0 Å². The van der Waals surface area contributed by atoms with Crippen LogP contribution in [0, 0.1) is 5.82 Å². The summed E-state index contributed by atoms with van der Waals surface area (Å²) in [5, 5.41) is 1.09. The van der Waals surface area contributed by atoms with E-state index in [1.54, 1.807) is 0 Å². The van der Waals surface area contributed by atoms with Crippen LogP contribution in [0.2, 0.25) is 0 Å². The third-order valence-electron chi connectivity index (χ3n) is 2.11. The van der Waals surface area contributed by atoms with E-state index in [9.17, 15) is 12.8 Å². The minimum atomic E-state index is -3.39. The molecule has 5 heteroatoms. The van der Waals surface area contributed by atoms with Gasteiger partial charge < -0.3 is 5.73 Å². The third-order valence-corrected chi connectivity index (χ3v) is 3.68. The fourth-order valence-corrected chi connectivity index (χ4v) is 2.95. The van der Waals surface area contributed by atoms with Gasteiger partial charge in [0.15, 0.2) is 0 Å². The van der Waals surface area contributed by atoms with Gasteiger partial charge in [0.05, 0.1) is 4.90 Å². The van der Waals surface area contributed by atoms with Crippen molar-refractivity contribution in [2.75, 3.05) is 6.54 Å². The Labute approximate surface area is 81.0 Å². The molecule has 0 radical (unpaired) electrons. The van der Waals surface area contributed by atoms with E-state index in [1.165, 1.54) is 12.1 Å². The van der Waals surface area contributed by atoms with Gasteiger partial charge in [0.1, 0.15) is 5.82 Å². The highest BCUT2D eigenvalue weighted by atomic mass is 32.2. The molecule has 0 fully saturated rings. The van der Waals surface area contributed by atoms with Crippen molar-refractivity contribution >= 4 is 15.4 Å². The number of fused-ring (bicyclic) bond motifs is 1. The number of rotatable bonds is 1. The first-order valence-corrected chi connectivity index (χ1v) is 5.55. The van der Waals surface area contributed by atoms with Crippen molar-refractivity contribution in [3.63, 3.8) is 0 Å². The van der Waals surface area contributed by atoms with Gasteiger partial charge in [0.25, 0.3) is 0 Å². The van der Waals surface area contributed by atoms with Crippen LogP contribution in [0.1, 0.15) is 5.56 Å². The van der Waals surface area contributed by atoms with Crippen molar-refractivity contribution in [2.45, 2.75) is 4.90 Å². The van der Waals surface area contributed by atoms with Gasteiger partial charge in [-0.1, -0.05) is 0 Å². The van der Waals surface area contributed by atoms with Crippen LogP contribution in [0.4, 0.5) is 4.39 Å². The predicted octanol–water partition coefficient (Wildman–Crippen LogP) is 0.913. The number of nitrogens with two attached hydrogens (primary N) is 1. The topological polar surface area (TPSA) is 60.2 Å². The molecule has 0 aliphatic carbocycles. The highest BCUT2D eigenvalue weighted by molar-refractivity contribution is 7.95. The molecule has 0 saturated heterocycles. The Morgan fingerprint density at radius 3 is 2.71 bits per heavy atom. The predicted molar refractivity (Wildman–Crippen MR) is 50.6 cm³/mol. The summed E-state index contributed by atoms with van der Waals surface area (Å²) in [5.41, 5.74) is 6.20. The molecule has 0 spiro atoms. The Bertz CT molecular complexity index is 520. The van der Waals surface area contributed by atoms with Crippen molar-refractivity contribution in [1.29, 1.82) is 0 Å². The summed E-state index contributed by atoms with van der Waals surface area (Å²) in [6.45, 7) is 0.0929. The van der Waals surface area contributed by atoms with E-state index in [0.717, 1.165) is 11.5 Å². The maximum Gasteiger partial charge on any atom is 0.200 e. The minimum absolute atomic E-state index is 0.0929. The number of hydrogen-bond donors (Lipinski definition) is 1. The number of benzene rings is 1. The molecule has 2 N–H and O–H groups in total. The lowest BCUT2D eigenvalue weighted by atomic mass is 10.1. The van der Waals surface area contributed by atoms with Crippen molar-refractivity contribution in [3.8, 4) is 0 Å². The lowest BCUT2D eigenvalue weighted by Crippen LogP contribution is -2.00. The molecule has 1 heterocycles. The highest BCUT2D eigenvalue weighted by Gasteiger charge is 2.26. The molecule has 0 aromatic heterocycles. The second kappa shape index (κ2) is 2.90. The first kappa shape index (κ1) is 9.36. The van der Waals surface area contributed by atoms with E-state index < -0.39 is 15.7 Å². The fraction of sp³-hybridized carbons (Fsp3) is 0.111. The first-order chi connectivity index (χ1) is 6.54. The number of sulfone groups is 1. The van der Waals surface area contributed by atoms with Gasteiger partial charge >= 0.3 is 0 Å². The summed E-state index contributed by atoms with van der Waals surface area (Å²) >= 11 is 0. The molecule has 3 nitrogen and oxygen atoms in total. The van der Waals surface area contributed by atoms with Crippen LogP contribution in [0.5, 0.6) is 0 Å². The average molecular weight is 213 g/mol. The zero-order valence-electron chi connectivity index (χ0n) is 7.20. The Kier molecular flexibility index (Phi) is 1.94. The molecule has 1 aliphatic heterocycles. The van der Waals surface area contributed by atoms with E-state index >= 15 is 0 Å². The maximum absolute atomic E-state index is 12.9. The maximum atomic E-state index is 12.9. The average Bonchev–Trinajstić information content (AvgIpc) is 2.37. The molecular formula is C9H8FNO2S. The number of halogens is 1. The van der Waals surface area contributed by atoms with Gasteiger partial charge in [-0.2, -0.15) is 0 Å². The smallest absolute Gasteiger partial charge is 0.200 e. The molecule has 1 aliphatic rings. The van der Waals surface area contributed by atoms with E-state index in [1.807, 2.05) is 0 Å². The molecule has 14 heavy (non-hydrogen) atoms. The van der Waals surface area contributed by atoms with Crippen LogP contribution in [0.25, 0.3) is 5.57 Å². The van der Waals surface area contributed by atoms with Crippen molar-refractivity contribution < 1.29 is 12.8 Å². The van der Waals surface area contributed by atoms with Crippen molar-refractivity contribution in [2.24, 2.45) is 5.73 Å².